The van der Waals surface area contributed by atoms with Crippen LogP contribution in [0.1, 0.15) is 63.2 Å². The number of hydrogen-bond donors (Lipinski definition) is 1. The van der Waals surface area contributed by atoms with Crippen molar-refractivity contribution in [2.24, 2.45) is 5.41 Å². The average Bonchev–Trinajstić information content (AvgIpc) is 2.26. The molecule has 0 amide bonds. The first-order chi connectivity index (χ1) is 8.93. The number of aliphatic hydroxyl groups is 1. The quantitative estimate of drug-likeness (QED) is 0.887. The second-order valence-electron chi connectivity index (χ2n) is 6.76. The molecule has 0 aliphatic heterocycles. The van der Waals surface area contributed by atoms with Gasteiger partial charge in [0.15, 0.2) is 0 Å². The van der Waals surface area contributed by atoms with Gasteiger partial charge in [-0.05, 0) is 35.3 Å². The van der Waals surface area contributed by atoms with E-state index in [1.54, 1.807) is 7.11 Å². The summed E-state index contributed by atoms with van der Waals surface area (Å²) < 4.78 is 5.49. The van der Waals surface area contributed by atoms with Gasteiger partial charge in [-0.25, -0.2) is 0 Å². The molecule has 2 unspecified atom stereocenters. The summed E-state index contributed by atoms with van der Waals surface area (Å²) in [5.74, 6) is 0.743. The highest BCUT2D eigenvalue weighted by molar-refractivity contribution is 5.28. The normalized spacial score (nSPS) is 19.8. The van der Waals surface area contributed by atoms with E-state index in [0.29, 0.717) is 0 Å². The summed E-state index contributed by atoms with van der Waals surface area (Å²) in [5.41, 5.74) is 2.28. The first kappa shape index (κ1) is 14.5. The van der Waals surface area contributed by atoms with Crippen LogP contribution in [0.3, 0.4) is 0 Å². The molecule has 1 fully saturated rings. The molecule has 0 radical (unpaired) electrons. The van der Waals surface area contributed by atoms with Crippen molar-refractivity contribution in [3.63, 3.8) is 0 Å². The van der Waals surface area contributed by atoms with Crippen LogP contribution in [0.5, 0.6) is 0 Å². The third-order valence-electron chi connectivity index (χ3n) is 4.25. The van der Waals surface area contributed by atoms with Gasteiger partial charge in [-0.3, -0.25) is 0 Å². The Kier molecular flexibility index (Phi) is 4.32. The molecule has 106 valence electrons. The zero-order valence-corrected chi connectivity index (χ0v) is 12.5. The second-order valence-corrected chi connectivity index (χ2v) is 6.76. The predicted octanol–water partition coefficient (Wildman–Crippen LogP) is 4.05. The number of methoxy groups -OCH3 is 1. The first-order valence-electron chi connectivity index (χ1n) is 7.24. The Morgan fingerprint density at radius 2 is 1.74 bits per heavy atom. The van der Waals surface area contributed by atoms with Crippen LogP contribution < -0.4 is 0 Å². The molecule has 2 nitrogen and oxygen atoms in total. The molecule has 2 atom stereocenters. The SMILES string of the molecule is COC(C(O)c1ccc(C2CCC2)cc1)C(C)(C)C. The molecule has 2 rings (SSSR count). The highest BCUT2D eigenvalue weighted by Crippen LogP contribution is 2.37. The van der Waals surface area contributed by atoms with Gasteiger partial charge in [0.25, 0.3) is 0 Å². The van der Waals surface area contributed by atoms with E-state index < -0.39 is 6.10 Å². The number of rotatable bonds is 4. The van der Waals surface area contributed by atoms with Crippen LogP contribution in [0.2, 0.25) is 0 Å². The Hall–Kier alpha value is -0.860. The minimum atomic E-state index is -0.569. The van der Waals surface area contributed by atoms with E-state index in [1.807, 2.05) is 0 Å². The van der Waals surface area contributed by atoms with E-state index in [2.05, 4.69) is 45.0 Å². The van der Waals surface area contributed by atoms with E-state index in [1.165, 1.54) is 24.8 Å². The minimum absolute atomic E-state index is 0.0825. The fourth-order valence-corrected chi connectivity index (χ4v) is 2.84. The van der Waals surface area contributed by atoms with Crippen LogP contribution >= 0.6 is 0 Å². The lowest BCUT2D eigenvalue weighted by atomic mass is 9.79. The summed E-state index contributed by atoms with van der Waals surface area (Å²) in [7, 11) is 1.67. The van der Waals surface area contributed by atoms with Crippen molar-refractivity contribution in [1.29, 1.82) is 0 Å². The lowest BCUT2D eigenvalue weighted by Crippen LogP contribution is -2.34. The van der Waals surface area contributed by atoms with Gasteiger partial charge in [-0.15, -0.1) is 0 Å². The fraction of sp³-hybridized carbons (Fsp3) is 0.647. The Balaban J connectivity index is 2.11. The lowest BCUT2D eigenvalue weighted by molar-refractivity contribution is -0.0724. The van der Waals surface area contributed by atoms with Gasteiger partial charge < -0.3 is 9.84 Å². The van der Waals surface area contributed by atoms with Crippen LogP contribution in [0, 0.1) is 5.41 Å². The monoisotopic (exact) mass is 262 g/mol. The zero-order valence-electron chi connectivity index (χ0n) is 12.5. The maximum atomic E-state index is 10.5. The highest BCUT2D eigenvalue weighted by Gasteiger charge is 2.32. The van der Waals surface area contributed by atoms with Crippen LogP contribution in [-0.4, -0.2) is 18.3 Å². The van der Waals surface area contributed by atoms with Crippen molar-refractivity contribution >= 4 is 0 Å². The molecule has 1 aliphatic rings. The topological polar surface area (TPSA) is 29.5 Å². The minimum Gasteiger partial charge on any atom is -0.386 e. The number of aliphatic hydroxyl groups excluding tert-OH is 1. The molecule has 0 saturated heterocycles. The zero-order chi connectivity index (χ0) is 14.0. The van der Waals surface area contributed by atoms with Gasteiger partial charge in [0.05, 0.1) is 6.10 Å². The summed E-state index contributed by atoms with van der Waals surface area (Å²) >= 11 is 0. The predicted molar refractivity (Wildman–Crippen MR) is 78.2 cm³/mol. The molecule has 1 saturated carbocycles. The molecule has 1 aliphatic carbocycles. The molecule has 2 heteroatoms. The summed E-state index contributed by atoms with van der Waals surface area (Å²) in [6, 6.07) is 8.43. The van der Waals surface area contributed by atoms with E-state index in [-0.39, 0.29) is 11.5 Å². The molecule has 1 N–H and O–H groups in total. The largest absolute Gasteiger partial charge is 0.386 e. The molecule has 19 heavy (non-hydrogen) atoms. The molecule has 0 heterocycles. The van der Waals surface area contributed by atoms with E-state index in [0.717, 1.165) is 11.5 Å². The second kappa shape index (κ2) is 5.64. The van der Waals surface area contributed by atoms with Crippen molar-refractivity contribution in [3.05, 3.63) is 35.4 Å². The van der Waals surface area contributed by atoms with Crippen molar-refractivity contribution in [2.75, 3.05) is 7.11 Å². The van der Waals surface area contributed by atoms with Gasteiger partial charge in [0.1, 0.15) is 6.10 Å². The van der Waals surface area contributed by atoms with Crippen molar-refractivity contribution in [2.45, 2.75) is 58.2 Å². The fourth-order valence-electron chi connectivity index (χ4n) is 2.84. The molecule has 0 spiro atoms. The summed E-state index contributed by atoms with van der Waals surface area (Å²) in [6.45, 7) is 6.27. The van der Waals surface area contributed by atoms with Crippen LogP contribution in [0.15, 0.2) is 24.3 Å². The number of hydrogen-bond acceptors (Lipinski definition) is 2. The van der Waals surface area contributed by atoms with Crippen LogP contribution in [0.25, 0.3) is 0 Å². The summed E-state index contributed by atoms with van der Waals surface area (Å²) in [4.78, 5) is 0. The Morgan fingerprint density at radius 1 is 1.16 bits per heavy atom. The molecule has 1 aromatic rings. The number of benzene rings is 1. The summed E-state index contributed by atoms with van der Waals surface area (Å²) in [6.07, 6.45) is 3.21. The third-order valence-corrected chi connectivity index (χ3v) is 4.25. The smallest absolute Gasteiger partial charge is 0.106 e. The molecule has 0 bridgehead atoms. The van der Waals surface area contributed by atoms with E-state index in [9.17, 15) is 5.11 Å². The van der Waals surface area contributed by atoms with Gasteiger partial charge in [-0.2, -0.15) is 0 Å². The highest BCUT2D eigenvalue weighted by atomic mass is 16.5. The molecule has 0 aromatic heterocycles. The van der Waals surface area contributed by atoms with Crippen LogP contribution in [0.4, 0.5) is 0 Å². The van der Waals surface area contributed by atoms with Crippen molar-refractivity contribution in [1.82, 2.24) is 0 Å². The van der Waals surface area contributed by atoms with Crippen LogP contribution in [-0.2, 0) is 4.74 Å². The molecular formula is C17H26O2. The average molecular weight is 262 g/mol. The van der Waals surface area contributed by atoms with Gasteiger partial charge in [0, 0.05) is 7.11 Å². The number of ether oxygens (including phenoxy) is 1. The first-order valence-corrected chi connectivity index (χ1v) is 7.24. The van der Waals surface area contributed by atoms with Gasteiger partial charge >= 0.3 is 0 Å². The van der Waals surface area contributed by atoms with E-state index in [4.69, 9.17) is 4.74 Å². The Labute approximate surface area is 116 Å². The van der Waals surface area contributed by atoms with E-state index >= 15 is 0 Å². The summed E-state index contributed by atoms with van der Waals surface area (Å²) in [5, 5.41) is 10.5. The molecular weight excluding hydrogens is 236 g/mol. The standard InChI is InChI=1S/C17H26O2/c1-17(2,3)16(19-4)15(18)14-10-8-13(9-11-14)12-6-5-7-12/h8-12,15-16,18H,5-7H2,1-4H3. The Bertz CT molecular complexity index is 398. The van der Waals surface area contributed by atoms with Crippen molar-refractivity contribution < 1.29 is 9.84 Å². The Morgan fingerprint density at radius 3 is 2.11 bits per heavy atom. The molecule has 1 aromatic carbocycles. The van der Waals surface area contributed by atoms with Gasteiger partial charge in [0.2, 0.25) is 0 Å². The lowest BCUT2D eigenvalue weighted by Gasteiger charge is -2.33. The van der Waals surface area contributed by atoms with Crippen molar-refractivity contribution in [3.8, 4) is 0 Å². The van der Waals surface area contributed by atoms with Gasteiger partial charge in [-0.1, -0.05) is 51.5 Å². The maximum Gasteiger partial charge on any atom is 0.106 e. The maximum absolute atomic E-state index is 10.5. The third kappa shape index (κ3) is 3.18.